The number of nitrogens with one attached hydrogen (secondary N) is 2. The average molecular weight is 438 g/mol. The van der Waals surface area contributed by atoms with Crippen LogP contribution in [-0.2, 0) is 6.42 Å². The van der Waals surface area contributed by atoms with Gasteiger partial charge in [-0.25, -0.2) is 4.98 Å². The summed E-state index contributed by atoms with van der Waals surface area (Å²) in [5, 5.41) is 15.8. The summed E-state index contributed by atoms with van der Waals surface area (Å²) in [6.07, 6.45) is 4.25. The Hall–Kier alpha value is -2.27. The highest BCUT2D eigenvalue weighted by Gasteiger charge is 2.23. The fourth-order valence-corrected chi connectivity index (χ4v) is 3.25. The number of aryl methyl sites for hydroxylation is 1. The second kappa shape index (κ2) is 11.7. The number of unbranched alkanes of at least 4 members (excludes halogenated alkanes) is 1. The number of nitrogens with two attached hydrogens (primary N) is 1. The van der Waals surface area contributed by atoms with Gasteiger partial charge in [0.05, 0.1) is 5.56 Å². The molecule has 3 rings (SSSR count). The summed E-state index contributed by atoms with van der Waals surface area (Å²) < 4.78 is 0. The molecule has 2 heterocycles. The first-order valence-corrected chi connectivity index (χ1v) is 9.49. The summed E-state index contributed by atoms with van der Waals surface area (Å²) >= 11 is 0. The molecule has 0 saturated carbocycles. The molecule has 1 aliphatic heterocycles. The first-order valence-electron chi connectivity index (χ1n) is 9.49. The van der Waals surface area contributed by atoms with E-state index < -0.39 is 0 Å². The molecule has 1 atom stereocenters. The summed E-state index contributed by atoms with van der Waals surface area (Å²) in [5.41, 5.74) is 8.52. The third-order valence-corrected chi connectivity index (χ3v) is 4.90. The van der Waals surface area contributed by atoms with Crippen LogP contribution in [0.1, 0.15) is 37.4 Å². The lowest BCUT2D eigenvalue weighted by Gasteiger charge is -2.19. The SMILES string of the molecule is CCCCc1cc(N2CC[C@H](NC)C2)nc(Nc2ccc(N)c(C#N)c2)n1.Cl.Cl. The van der Waals surface area contributed by atoms with E-state index in [4.69, 9.17) is 10.7 Å². The Morgan fingerprint density at radius 1 is 1.28 bits per heavy atom. The number of nitrogen functional groups attached to an aromatic ring is 1. The first-order chi connectivity index (χ1) is 13.1. The average Bonchev–Trinajstić information content (AvgIpc) is 3.17. The quantitative estimate of drug-likeness (QED) is 0.567. The van der Waals surface area contributed by atoms with Crippen LogP contribution in [-0.4, -0.2) is 36.1 Å². The van der Waals surface area contributed by atoms with Crippen LogP contribution in [0.25, 0.3) is 0 Å². The zero-order valence-corrected chi connectivity index (χ0v) is 18.4. The lowest BCUT2D eigenvalue weighted by Crippen LogP contribution is -2.30. The second-order valence-electron chi connectivity index (χ2n) is 6.90. The zero-order chi connectivity index (χ0) is 19.2. The van der Waals surface area contributed by atoms with Crippen molar-refractivity contribution in [2.45, 2.75) is 38.6 Å². The van der Waals surface area contributed by atoms with Gasteiger partial charge in [0, 0.05) is 42.3 Å². The number of anilines is 4. The van der Waals surface area contributed by atoms with Crippen molar-refractivity contribution in [2.24, 2.45) is 0 Å². The van der Waals surface area contributed by atoms with Gasteiger partial charge >= 0.3 is 0 Å². The van der Waals surface area contributed by atoms with Crippen LogP contribution in [0, 0.1) is 11.3 Å². The predicted octanol–water partition coefficient (Wildman–Crippen LogP) is 3.66. The lowest BCUT2D eigenvalue weighted by atomic mass is 10.2. The summed E-state index contributed by atoms with van der Waals surface area (Å²) in [4.78, 5) is 11.7. The number of aromatic nitrogens is 2. The van der Waals surface area contributed by atoms with Gasteiger partial charge in [-0.3, -0.25) is 0 Å². The van der Waals surface area contributed by atoms with Crippen LogP contribution >= 0.6 is 24.8 Å². The van der Waals surface area contributed by atoms with Gasteiger partial charge in [-0.15, -0.1) is 24.8 Å². The molecule has 0 bridgehead atoms. The molecule has 0 radical (unpaired) electrons. The molecule has 0 spiro atoms. The molecule has 1 fully saturated rings. The van der Waals surface area contributed by atoms with E-state index in [0.29, 0.717) is 23.2 Å². The van der Waals surface area contributed by atoms with E-state index in [2.05, 4.69) is 39.6 Å². The largest absolute Gasteiger partial charge is 0.398 e. The van der Waals surface area contributed by atoms with Crippen LogP contribution < -0.4 is 21.3 Å². The Morgan fingerprint density at radius 2 is 2.07 bits per heavy atom. The van der Waals surface area contributed by atoms with Crippen LogP contribution in [0.4, 0.5) is 23.1 Å². The highest BCUT2D eigenvalue weighted by Crippen LogP contribution is 2.24. The van der Waals surface area contributed by atoms with Crippen LogP contribution in [0.5, 0.6) is 0 Å². The number of benzene rings is 1. The number of likely N-dealkylation sites (N-methyl/N-ethyl adjacent to an activating group) is 1. The second-order valence-corrected chi connectivity index (χ2v) is 6.90. The highest BCUT2D eigenvalue weighted by molar-refractivity contribution is 5.85. The monoisotopic (exact) mass is 437 g/mol. The van der Waals surface area contributed by atoms with Crippen LogP contribution in [0.15, 0.2) is 24.3 Å². The molecule has 4 N–H and O–H groups in total. The summed E-state index contributed by atoms with van der Waals surface area (Å²) in [7, 11) is 2.00. The van der Waals surface area contributed by atoms with Crippen molar-refractivity contribution in [3.05, 3.63) is 35.5 Å². The number of halogens is 2. The lowest BCUT2D eigenvalue weighted by molar-refractivity contribution is 0.616. The number of hydrogen-bond acceptors (Lipinski definition) is 7. The van der Waals surface area contributed by atoms with Gasteiger partial charge in [0.2, 0.25) is 5.95 Å². The van der Waals surface area contributed by atoms with Gasteiger partial charge in [-0.1, -0.05) is 13.3 Å². The fraction of sp³-hybridized carbons (Fsp3) is 0.450. The smallest absolute Gasteiger partial charge is 0.229 e. The van der Waals surface area contributed by atoms with E-state index >= 15 is 0 Å². The Labute approximate surface area is 184 Å². The number of rotatable bonds is 7. The molecule has 0 amide bonds. The molecule has 1 aromatic carbocycles. The molecule has 7 nitrogen and oxygen atoms in total. The Bertz CT molecular complexity index is 838. The minimum absolute atomic E-state index is 0. The van der Waals surface area contributed by atoms with E-state index in [9.17, 15) is 5.26 Å². The van der Waals surface area contributed by atoms with Gasteiger partial charge < -0.3 is 21.3 Å². The minimum atomic E-state index is 0. The maximum absolute atomic E-state index is 9.18. The Morgan fingerprint density at radius 3 is 2.72 bits per heavy atom. The third kappa shape index (κ3) is 6.36. The molecular formula is C20H29Cl2N7. The van der Waals surface area contributed by atoms with E-state index in [0.717, 1.165) is 56.0 Å². The molecule has 0 aliphatic carbocycles. The van der Waals surface area contributed by atoms with E-state index in [1.807, 2.05) is 13.1 Å². The molecule has 1 aliphatic rings. The van der Waals surface area contributed by atoms with Crippen molar-refractivity contribution in [2.75, 3.05) is 36.1 Å². The van der Waals surface area contributed by atoms with E-state index in [-0.39, 0.29) is 24.8 Å². The maximum Gasteiger partial charge on any atom is 0.229 e. The molecule has 0 unspecified atom stereocenters. The topological polar surface area (TPSA) is 103 Å². The van der Waals surface area contributed by atoms with Crippen LogP contribution in [0.2, 0.25) is 0 Å². The molecule has 2 aromatic rings. The van der Waals surface area contributed by atoms with Gasteiger partial charge in [0.15, 0.2) is 0 Å². The van der Waals surface area contributed by atoms with Crippen molar-refractivity contribution < 1.29 is 0 Å². The van der Waals surface area contributed by atoms with Crippen molar-refractivity contribution in [3.8, 4) is 6.07 Å². The van der Waals surface area contributed by atoms with Crippen LogP contribution in [0.3, 0.4) is 0 Å². The number of nitrogens with zero attached hydrogens (tertiary/aromatic N) is 4. The first kappa shape index (κ1) is 24.8. The summed E-state index contributed by atoms with van der Waals surface area (Å²) in [5.74, 6) is 1.51. The predicted molar refractivity (Wildman–Crippen MR) is 124 cm³/mol. The minimum Gasteiger partial charge on any atom is -0.398 e. The normalized spacial score (nSPS) is 15.2. The highest BCUT2D eigenvalue weighted by atomic mass is 35.5. The molecular weight excluding hydrogens is 409 g/mol. The number of nitriles is 1. The Kier molecular flexibility index (Phi) is 9.96. The Balaban J connectivity index is 0.00000210. The third-order valence-electron chi connectivity index (χ3n) is 4.90. The molecule has 9 heteroatoms. The van der Waals surface area contributed by atoms with Gasteiger partial charge in [0.25, 0.3) is 0 Å². The van der Waals surface area contributed by atoms with E-state index in [1.54, 1.807) is 12.1 Å². The number of hydrogen-bond donors (Lipinski definition) is 3. The fourth-order valence-electron chi connectivity index (χ4n) is 3.25. The van der Waals surface area contributed by atoms with E-state index in [1.165, 1.54) is 0 Å². The van der Waals surface area contributed by atoms with Gasteiger partial charge in [-0.2, -0.15) is 10.2 Å². The van der Waals surface area contributed by atoms with Gasteiger partial charge in [-0.05, 0) is 44.5 Å². The van der Waals surface area contributed by atoms with Crippen molar-refractivity contribution in [1.82, 2.24) is 15.3 Å². The zero-order valence-electron chi connectivity index (χ0n) is 16.8. The van der Waals surface area contributed by atoms with Crippen molar-refractivity contribution in [3.63, 3.8) is 0 Å². The molecule has 1 saturated heterocycles. The standard InChI is InChI=1S/C20H27N7.2ClH/c1-3-4-5-15-11-19(27-9-8-17(13-27)23-2)26-20(24-15)25-16-6-7-18(22)14(10-16)12-21;;/h6-7,10-11,17,23H,3-5,8-9,13,22H2,1-2H3,(H,24,25,26);2*1H/t17-;;/m0../s1. The maximum atomic E-state index is 9.18. The van der Waals surface area contributed by atoms with Gasteiger partial charge in [0.1, 0.15) is 11.9 Å². The molecule has 158 valence electrons. The van der Waals surface area contributed by atoms with Crippen molar-refractivity contribution in [1.29, 1.82) is 5.26 Å². The molecule has 1 aromatic heterocycles. The summed E-state index contributed by atoms with van der Waals surface area (Å²) in [6.45, 7) is 4.10. The summed E-state index contributed by atoms with van der Waals surface area (Å²) in [6, 6.07) is 9.99. The molecule has 29 heavy (non-hydrogen) atoms. The van der Waals surface area contributed by atoms with Crippen molar-refractivity contribution >= 4 is 48.0 Å².